The van der Waals surface area contributed by atoms with Gasteiger partial charge < -0.3 is 4.90 Å². The Hall–Kier alpha value is -0.380. The van der Waals surface area contributed by atoms with E-state index in [1.54, 1.807) is 11.2 Å². The largest absolute Gasteiger partial charge is 0.369 e. The highest BCUT2D eigenvalue weighted by Crippen LogP contribution is 1.83. The van der Waals surface area contributed by atoms with Crippen molar-refractivity contribution < 1.29 is 0 Å². The fourth-order valence-electron chi connectivity index (χ4n) is 0.166. The highest BCUT2D eigenvalue weighted by atomic mass is 79.9. The number of hydrogen-bond acceptors (Lipinski definition) is 1. The summed E-state index contributed by atoms with van der Waals surface area (Å²) in [5, 5.41) is 6.78. The van der Waals surface area contributed by atoms with E-state index in [0.717, 1.165) is 0 Å². The van der Waals surface area contributed by atoms with Crippen molar-refractivity contribution in [1.29, 1.82) is 5.41 Å². The van der Waals surface area contributed by atoms with E-state index in [-0.39, 0.29) is 4.74 Å². The van der Waals surface area contributed by atoms with Crippen LogP contribution in [0.15, 0.2) is 4.99 Å². The molecule has 0 aliphatic carbocycles. The van der Waals surface area contributed by atoms with Crippen LogP contribution in [0.25, 0.3) is 0 Å². The Morgan fingerprint density at radius 3 is 2.38 bits per heavy atom. The lowest BCUT2D eigenvalue weighted by Gasteiger charge is -1.99. The van der Waals surface area contributed by atoms with Crippen LogP contribution in [0.4, 0.5) is 0 Å². The lowest BCUT2D eigenvalue weighted by Crippen LogP contribution is -2.07. The summed E-state index contributed by atoms with van der Waals surface area (Å²) in [6, 6.07) is 0. The first kappa shape index (κ1) is 7.62. The predicted molar refractivity (Wildman–Crippen MR) is 38.8 cm³/mol. The van der Waals surface area contributed by atoms with Gasteiger partial charge in [-0.05, 0) is 15.9 Å². The molecule has 0 saturated heterocycles. The third-order valence-corrected chi connectivity index (χ3v) is 0.607. The fraction of sp³-hybridized carbons (Fsp3) is 0.500. The van der Waals surface area contributed by atoms with Crippen molar-refractivity contribution in [2.45, 2.75) is 0 Å². The second kappa shape index (κ2) is 3.60. The van der Waals surface area contributed by atoms with Gasteiger partial charge in [0.25, 0.3) is 0 Å². The number of aliphatic imine (C=N–C) groups is 1. The minimum Gasteiger partial charge on any atom is -0.369 e. The molecule has 8 heavy (non-hydrogen) atoms. The molecule has 0 bridgehead atoms. The third-order valence-electron chi connectivity index (χ3n) is 0.402. The van der Waals surface area contributed by atoms with Gasteiger partial charge >= 0.3 is 0 Å². The van der Waals surface area contributed by atoms with E-state index in [9.17, 15) is 0 Å². The summed E-state index contributed by atoms with van der Waals surface area (Å²) in [6.45, 7) is 0. The molecule has 0 amide bonds. The Kier molecular flexibility index (Phi) is 3.43. The minimum absolute atomic E-state index is 0.145. The van der Waals surface area contributed by atoms with Gasteiger partial charge in [0.1, 0.15) is 0 Å². The Balaban J connectivity index is 3.50. The van der Waals surface area contributed by atoms with Gasteiger partial charge in [0.15, 0.2) is 4.74 Å². The molecule has 0 aromatic carbocycles. The molecule has 0 saturated carbocycles. The maximum atomic E-state index is 6.78. The molecule has 0 aliphatic heterocycles. The van der Waals surface area contributed by atoms with E-state index < -0.39 is 0 Å². The quantitative estimate of drug-likeness (QED) is 0.361. The maximum Gasteiger partial charge on any atom is 0.190 e. The van der Waals surface area contributed by atoms with Gasteiger partial charge in [-0.15, -0.1) is 0 Å². The van der Waals surface area contributed by atoms with Crippen molar-refractivity contribution >= 4 is 27.0 Å². The Bertz CT molecular complexity index is 108. The van der Waals surface area contributed by atoms with Crippen LogP contribution in [0.3, 0.4) is 0 Å². The van der Waals surface area contributed by atoms with Crippen molar-refractivity contribution in [1.82, 2.24) is 4.90 Å². The van der Waals surface area contributed by atoms with Crippen LogP contribution in [0.2, 0.25) is 0 Å². The van der Waals surface area contributed by atoms with Crippen LogP contribution in [-0.2, 0) is 0 Å². The summed E-state index contributed by atoms with van der Waals surface area (Å²) in [4.78, 5) is 5.38. The molecule has 0 aliphatic rings. The summed E-state index contributed by atoms with van der Waals surface area (Å²) in [5.41, 5.74) is 0. The SMILES string of the molecule is CN(C)C=NC(=N)Br. The maximum absolute atomic E-state index is 6.78. The molecule has 0 atom stereocenters. The zero-order chi connectivity index (χ0) is 6.57. The smallest absolute Gasteiger partial charge is 0.190 e. The molecule has 0 aromatic heterocycles. The second-order valence-corrected chi connectivity index (χ2v) is 2.25. The molecule has 0 rings (SSSR count). The molecule has 46 valence electrons. The van der Waals surface area contributed by atoms with Gasteiger partial charge in [0.05, 0.1) is 6.34 Å². The first-order valence-corrected chi connectivity index (χ1v) is 2.87. The zero-order valence-corrected chi connectivity index (χ0v) is 6.44. The fourth-order valence-corrected chi connectivity index (χ4v) is 0.258. The van der Waals surface area contributed by atoms with E-state index in [0.29, 0.717) is 0 Å². The highest BCUT2D eigenvalue weighted by molar-refractivity contribution is 9.18. The molecule has 0 radical (unpaired) electrons. The third kappa shape index (κ3) is 5.62. The molecule has 0 heterocycles. The standard InChI is InChI=1S/C4H8BrN3/c1-8(2)3-7-4(5)6/h3,6H,1-2H3. The van der Waals surface area contributed by atoms with Crippen LogP contribution >= 0.6 is 15.9 Å². The summed E-state index contributed by atoms with van der Waals surface area (Å²) in [7, 11) is 3.69. The molecular formula is C4H8BrN3. The molecule has 0 unspecified atom stereocenters. The van der Waals surface area contributed by atoms with Crippen molar-refractivity contribution in [2.24, 2.45) is 4.99 Å². The summed E-state index contributed by atoms with van der Waals surface area (Å²) < 4.78 is 0.145. The second-order valence-electron chi connectivity index (χ2n) is 1.50. The van der Waals surface area contributed by atoms with Gasteiger partial charge in [-0.1, -0.05) is 0 Å². The number of halogens is 1. The van der Waals surface area contributed by atoms with Crippen molar-refractivity contribution in [3.63, 3.8) is 0 Å². The van der Waals surface area contributed by atoms with Crippen LogP contribution in [0.1, 0.15) is 0 Å². The minimum atomic E-state index is 0.145. The van der Waals surface area contributed by atoms with E-state index in [4.69, 9.17) is 5.41 Å². The van der Waals surface area contributed by atoms with E-state index in [2.05, 4.69) is 20.9 Å². The Morgan fingerprint density at radius 1 is 1.75 bits per heavy atom. The number of hydrogen-bond donors (Lipinski definition) is 1. The first-order chi connectivity index (χ1) is 3.63. The van der Waals surface area contributed by atoms with E-state index >= 15 is 0 Å². The van der Waals surface area contributed by atoms with Gasteiger partial charge in [0, 0.05) is 14.1 Å². The molecule has 1 N–H and O–H groups in total. The van der Waals surface area contributed by atoms with Gasteiger partial charge in [-0.3, -0.25) is 5.41 Å². The number of rotatable bonds is 1. The van der Waals surface area contributed by atoms with Crippen molar-refractivity contribution in [2.75, 3.05) is 14.1 Å². The van der Waals surface area contributed by atoms with Crippen molar-refractivity contribution in [3.05, 3.63) is 0 Å². The lowest BCUT2D eigenvalue weighted by molar-refractivity contribution is 0.644. The lowest BCUT2D eigenvalue weighted by atomic mass is 10.9. The zero-order valence-electron chi connectivity index (χ0n) is 4.85. The average Bonchev–Trinajstić information content (AvgIpc) is 1.61. The molecule has 4 heteroatoms. The summed E-state index contributed by atoms with van der Waals surface area (Å²) in [6.07, 6.45) is 1.55. The van der Waals surface area contributed by atoms with Gasteiger partial charge in [-0.25, -0.2) is 4.99 Å². The Morgan fingerprint density at radius 2 is 2.25 bits per heavy atom. The normalized spacial score (nSPS) is 9.88. The van der Waals surface area contributed by atoms with Gasteiger partial charge in [-0.2, -0.15) is 0 Å². The predicted octanol–water partition coefficient (Wildman–Crippen LogP) is 0.906. The number of nitrogens with zero attached hydrogens (tertiary/aromatic N) is 2. The van der Waals surface area contributed by atoms with Gasteiger partial charge in [0.2, 0.25) is 0 Å². The summed E-state index contributed by atoms with van der Waals surface area (Å²) in [5.74, 6) is 0. The molecule has 0 spiro atoms. The summed E-state index contributed by atoms with van der Waals surface area (Å²) >= 11 is 2.86. The topological polar surface area (TPSA) is 39.5 Å². The van der Waals surface area contributed by atoms with E-state index in [1.807, 2.05) is 14.1 Å². The average molecular weight is 178 g/mol. The van der Waals surface area contributed by atoms with E-state index in [1.165, 1.54) is 0 Å². The van der Waals surface area contributed by atoms with Crippen LogP contribution in [0.5, 0.6) is 0 Å². The number of amidine groups is 1. The van der Waals surface area contributed by atoms with Crippen LogP contribution in [0, 0.1) is 5.41 Å². The van der Waals surface area contributed by atoms with Crippen LogP contribution in [-0.4, -0.2) is 30.1 Å². The first-order valence-electron chi connectivity index (χ1n) is 2.07. The molecule has 3 nitrogen and oxygen atoms in total. The monoisotopic (exact) mass is 177 g/mol. The van der Waals surface area contributed by atoms with Crippen molar-refractivity contribution in [3.8, 4) is 0 Å². The molecular weight excluding hydrogens is 170 g/mol. The molecule has 0 fully saturated rings. The van der Waals surface area contributed by atoms with Crippen LogP contribution < -0.4 is 0 Å². The Labute approximate surface area is 57.0 Å². The number of nitrogens with one attached hydrogen (secondary N) is 1. The molecule has 0 aromatic rings. The highest BCUT2D eigenvalue weighted by Gasteiger charge is 1.78.